The maximum Gasteiger partial charge on any atom is 0.232 e. The number of carbonyl (C=O) groups excluding carboxylic acids is 1. The SMILES string of the molecule is Cc1cnc(COc2ccccc2CC(N)=O)o1. The van der Waals surface area contributed by atoms with Gasteiger partial charge in [0.25, 0.3) is 0 Å². The molecule has 0 aliphatic rings. The van der Waals surface area contributed by atoms with Crippen LogP contribution in [0.1, 0.15) is 17.2 Å². The molecule has 0 aliphatic carbocycles. The summed E-state index contributed by atoms with van der Waals surface area (Å²) in [6.07, 6.45) is 1.79. The Labute approximate surface area is 105 Å². The summed E-state index contributed by atoms with van der Waals surface area (Å²) in [5.74, 6) is 1.46. The van der Waals surface area contributed by atoms with E-state index in [1.165, 1.54) is 0 Å². The van der Waals surface area contributed by atoms with Crippen molar-refractivity contribution in [1.29, 1.82) is 0 Å². The molecule has 5 heteroatoms. The lowest BCUT2D eigenvalue weighted by Crippen LogP contribution is -2.14. The minimum atomic E-state index is -0.391. The van der Waals surface area contributed by atoms with Gasteiger partial charge in [-0.15, -0.1) is 0 Å². The third kappa shape index (κ3) is 3.10. The minimum Gasteiger partial charge on any atom is -0.484 e. The molecule has 0 radical (unpaired) electrons. The van der Waals surface area contributed by atoms with Crippen molar-refractivity contribution in [1.82, 2.24) is 4.98 Å². The van der Waals surface area contributed by atoms with Crippen molar-refractivity contribution in [2.24, 2.45) is 5.73 Å². The van der Waals surface area contributed by atoms with Gasteiger partial charge in [-0.1, -0.05) is 18.2 Å². The van der Waals surface area contributed by atoms with Gasteiger partial charge in [-0.05, 0) is 13.0 Å². The average Bonchev–Trinajstić information content (AvgIpc) is 2.73. The number of benzene rings is 1. The molecule has 5 nitrogen and oxygen atoms in total. The van der Waals surface area contributed by atoms with Crippen LogP contribution in [0.2, 0.25) is 0 Å². The van der Waals surface area contributed by atoms with E-state index in [0.29, 0.717) is 11.6 Å². The van der Waals surface area contributed by atoms with Crippen LogP contribution in [0.3, 0.4) is 0 Å². The van der Waals surface area contributed by atoms with Gasteiger partial charge in [0.15, 0.2) is 6.61 Å². The highest BCUT2D eigenvalue weighted by Crippen LogP contribution is 2.19. The molecule has 1 aromatic carbocycles. The van der Waals surface area contributed by atoms with Crippen molar-refractivity contribution in [2.45, 2.75) is 20.0 Å². The summed E-state index contributed by atoms with van der Waals surface area (Å²) in [7, 11) is 0. The van der Waals surface area contributed by atoms with Gasteiger partial charge in [0, 0.05) is 5.56 Å². The fraction of sp³-hybridized carbons (Fsp3) is 0.231. The van der Waals surface area contributed by atoms with E-state index in [1.54, 1.807) is 18.3 Å². The van der Waals surface area contributed by atoms with E-state index < -0.39 is 5.91 Å². The molecule has 0 saturated heterocycles. The number of hydrogen-bond donors (Lipinski definition) is 1. The molecular weight excluding hydrogens is 232 g/mol. The van der Waals surface area contributed by atoms with Gasteiger partial charge >= 0.3 is 0 Å². The monoisotopic (exact) mass is 246 g/mol. The first kappa shape index (κ1) is 12.2. The topological polar surface area (TPSA) is 78.4 Å². The number of primary amides is 1. The number of hydrogen-bond acceptors (Lipinski definition) is 4. The Balaban J connectivity index is 2.06. The second kappa shape index (κ2) is 5.35. The first-order valence-electron chi connectivity index (χ1n) is 5.55. The first-order chi connectivity index (χ1) is 8.65. The van der Waals surface area contributed by atoms with Crippen molar-refractivity contribution in [3.63, 3.8) is 0 Å². The van der Waals surface area contributed by atoms with Crippen LogP contribution in [0.15, 0.2) is 34.9 Å². The third-order valence-electron chi connectivity index (χ3n) is 2.36. The van der Waals surface area contributed by atoms with Crippen LogP contribution in [-0.4, -0.2) is 10.9 Å². The highest BCUT2D eigenvalue weighted by atomic mass is 16.5. The second-order valence-corrected chi connectivity index (χ2v) is 3.90. The fourth-order valence-corrected chi connectivity index (χ4v) is 1.59. The minimum absolute atomic E-state index is 0.154. The van der Waals surface area contributed by atoms with Crippen LogP contribution in [0.4, 0.5) is 0 Å². The number of oxazole rings is 1. The summed E-state index contributed by atoms with van der Waals surface area (Å²) in [6.45, 7) is 2.04. The summed E-state index contributed by atoms with van der Waals surface area (Å²) in [6, 6.07) is 7.26. The van der Waals surface area contributed by atoms with Gasteiger partial charge in [0.1, 0.15) is 11.5 Å². The van der Waals surface area contributed by atoms with Crippen LogP contribution in [0.25, 0.3) is 0 Å². The summed E-state index contributed by atoms with van der Waals surface area (Å²) < 4.78 is 10.9. The number of ether oxygens (including phenoxy) is 1. The summed E-state index contributed by atoms with van der Waals surface area (Å²) in [5, 5.41) is 0. The van der Waals surface area contributed by atoms with E-state index in [-0.39, 0.29) is 13.0 Å². The van der Waals surface area contributed by atoms with Crippen molar-refractivity contribution >= 4 is 5.91 Å². The van der Waals surface area contributed by atoms with Crippen LogP contribution in [0, 0.1) is 6.92 Å². The Morgan fingerprint density at radius 2 is 2.22 bits per heavy atom. The lowest BCUT2D eigenvalue weighted by molar-refractivity contribution is -0.117. The zero-order valence-corrected chi connectivity index (χ0v) is 10.1. The van der Waals surface area contributed by atoms with E-state index >= 15 is 0 Å². The van der Waals surface area contributed by atoms with Crippen LogP contribution in [-0.2, 0) is 17.8 Å². The molecule has 2 N–H and O–H groups in total. The Hall–Kier alpha value is -2.30. The Bertz CT molecular complexity index is 549. The highest BCUT2D eigenvalue weighted by Gasteiger charge is 2.07. The normalized spacial score (nSPS) is 10.3. The summed E-state index contributed by atoms with van der Waals surface area (Å²) >= 11 is 0. The van der Waals surface area contributed by atoms with Gasteiger partial charge < -0.3 is 14.9 Å². The number of aryl methyl sites for hydroxylation is 1. The number of aromatic nitrogens is 1. The summed E-state index contributed by atoms with van der Waals surface area (Å²) in [5.41, 5.74) is 5.94. The van der Waals surface area contributed by atoms with Gasteiger partial charge in [-0.2, -0.15) is 0 Å². The van der Waals surface area contributed by atoms with Gasteiger partial charge in [-0.25, -0.2) is 4.98 Å². The molecule has 0 aliphatic heterocycles. The number of amides is 1. The predicted molar refractivity (Wildman–Crippen MR) is 64.9 cm³/mol. The van der Waals surface area contributed by atoms with Crippen molar-refractivity contribution in [3.8, 4) is 5.75 Å². The molecule has 94 valence electrons. The molecule has 0 atom stereocenters. The highest BCUT2D eigenvalue weighted by molar-refractivity contribution is 5.77. The largest absolute Gasteiger partial charge is 0.484 e. The molecular formula is C13H14N2O3. The molecule has 0 unspecified atom stereocenters. The number of rotatable bonds is 5. The van der Waals surface area contributed by atoms with Crippen LogP contribution in [0.5, 0.6) is 5.75 Å². The quantitative estimate of drug-likeness (QED) is 0.868. The van der Waals surface area contributed by atoms with E-state index in [1.807, 2.05) is 19.1 Å². The van der Waals surface area contributed by atoms with Crippen molar-refractivity contribution in [2.75, 3.05) is 0 Å². The number of nitrogens with zero attached hydrogens (tertiary/aromatic N) is 1. The van der Waals surface area contributed by atoms with Crippen LogP contribution >= 0.6 is 0 Å². The van der Waals surface area contributed by atoms with Crippen LogP contribution < -0.4 is 10.5 Å². The molecule has 1 heterocycles. The lowest BCUT2D eigenvalue weighted by Gasteiger charge is -2.08. The maximum absolute atomic E-state index is 10.9. The molecule has 0 bridgehead atoms. The number of nitrogens with two attached hydrogens (primary N) is 1. The number of para-hydroxylation sites is 1. The zero-order valence-electron chi connectivity index (χ0n) is 10.1. The lowest BCUT2D eigenvalue weighted by atomic mass is 10.1. The molecule has 2 rings (SSSR count). The fourth-order valence-electron chi connectivity index (χ4n) is 1.59. The standard InChI is InChI=1S/C13H14N2O3/c1-9-7-15-13(18-9)8-17-11-5-3-2-4-10(11)6-12(14)16/h2-5,7H,6,8H2,1H3,(H2,14,16). The van der Waals surface area contributed by atoms with Gasteiger partial charge in [-0.3, -0.25) is 4.79 Å². The van der Waals surface area contributed by atoms with E-state index in [0.717, 1.165) is 11.3 Å². The molecule has 0 saturated carbocycles. The molecule has 2 aromatic rings. The summed E-state index contributed by atoms with van der Waals surface area (Å²) in [4.78, 5) is 15.0. The average molecular weight is 246 g/mol. The van der Waals surface area contributed by atoms with Gasteiger partial charge in [0.05, 0.1) is 12.6 Å². The zero-order chi connectivity index (χ0) is 13.0. The molecule has 1 amide bonds. The first-order valence-corrected chi connectivity index (χ1v) is 5.55. The second-order valence-electron chi connectivity index (χ2n) is 3.90. The molecule has 0 spiro atoms. The van der Waals surface area contributed by atoms with Crippen molar-refractivity contribution in [3.05, 3.63) is 47.7 Å². The Kier molecular flexibility index (Phi) is 3.62. The molecule has 18 heavy (non-hydrogen) atoms. The van der Waals surface area contributed by atoms with E-state index in [2.05, 4.69) is 4.98 Å². The van der Waals surface area contributed by atoms with Gasteiger partial charge in [0.2, 0.25) is 11.8 Å². The maximum atomic E-state index is 10.9. The van der Waals surface area contributed by atoms with Crippen molar-refractivity contribution < 1.29 is 13.9 Å². The Morgan fingerprint density at radius 3 is 2.89 bits per heavy atom. The van der Waals surface area contributed by atoms with E-state index in [9.17, 15) is 4.79 Å². The third-order valence-corrected chi connectivity index (χ3v) is 2.36. The Morgan fingerprint density at radius 1 is 1.44 bits per heavy atom. The molecule has 1 aromatic heterocycles. The van der Waals surface area contributed by atoms with E-state index in [4.69, 9.17) is 14.9 Å². The molecule has 0 fully saturated rings. The number of carbonyl (C=O) groups is 1. The predicted octanol–water partition coefficient (Wildman–Crippen LogP) is 1.59. The smallest absolute Gasteiger partial charge is 0.232 e.